The van der Waals surface area contributed by atoms with E-state index >= 15 is 0 Å². The minimum Gasteiger partial charge on any atom is -0.493 e. The van der Waals surface area contributed by atoms with Gasteiger partial charge in [-0.15, -0.1) is 24.0 Å². The van der Waals surface area contributed by atoms with Crippen molar-refractivity contribution in [1.29, 1.82) is 0 Å². The minimum atomic E-state index is -0.272. The van der Waals surface area contributed by atoms with E-state index in [2.05, 4.69) is 17.6 Å². The smallest absolute Gasteiger partial charge is 0.203 e. The molecule has 166 valence electrons. The lowest BCUT2D eigenvalue weighted by Gasteiger charge is -2.38. The van der Waals surface area contributed by atoms with E-state index in [0.29, 0.717) is 30.3 Å². The lowest BCUT2D eigenvalue weighted by Crippen LogP contribution is -2.48. The number of aliphatic hydroxyl groups excluding tert-OH is 1. The summed E-state index contributed by atoms with van der Waals surface area (Å²) in [6, 6.07) is 3.81. The van der Waals surface area contributed by atoms with Crippen LogP contribution in [0.4, 0.5) is 0 Å². The quantitative estimate of drug-likeness (QED) is 0.277. The summed E-state index contributed by atoms with van der Waals surface area (Å²) < 4.78 is 16.2. The van der Waals surface area contributed by atoms with Gasteiger partial charge in [-0.1, -0.05) is 19.8 Å². The largest absolute Gasteiger partial charge is 0.493 e. The zero-order chi connectivity index (χ0) is 20.6. The second-order valence-electron chi connectivity index (χ2n) is 7.50. The standard InChI is InChI=1S/C21H35N3O4.HI/c1-6-22-20(24-14-21(2)10-8-7-9-18(21)25)23-13-15-11-16(26-3)19(28-5)17(12-15)27-4;/h11-12,18,25H,6-10,13-14H2,1-5H3,(H2,22,23,24);1H. The molecule has 0 spiro atoms. The van der Waals surface area contributed by atoms with Crippen molar-refractivity contribution in [3.8, 4) is 17.2 Å². The maximum Gasteiger partial charge on any atom is 0.203 e. The second-order valence-corrected chi connectivity index (χ2v) is 7.50. The highest BCUT2D eigenvalue weighted by Crippen LogP contribution is 2.38. The molecule has 1 aromatic carbocycles. The maximum atomic E-state index is 10.4. The lowest BCUT2D eigenvalue weighted by molar-refractivity contribution is 0.00397. The van der Waals surface area contributed by atoms with Gasteiger partial charge in [0.25, 0.3) is 0 Å². The van der Waals surface area contributed by atoms with Gasteiger partial charge in [-0.2, -0.15) is 0 Å². The van der Waals surface area contributed by atoms with Crippen molar-refractivity contribution in [1.82, 2.24) is 10.6 Å². The number of nitrogens with zero attached hydrogens (tertiary/aromatic N) is 1. The summed E-state index contributed by atoms with van der Waals surface area (Å²) in [5.74, 6) is 2.53. The number of guanidine groups is 1. The third kappa shape index (κ3) is 6.80. The molecule has 7 nitrogen and oxygen atoms in total. The van der Waals surface area contributed by atoms with E-state index in [1.807, 2.05) is 19.1 Å². The highest BCUT2D eigenvalue weighted by atomic mass is 127. The van der Waals surface area contributed by atoms with Crippen LogP contribution in [0.2, 0.25) is 0 Å². The summed E-state index contributed by atoms with van der Waals surface area (Å²) in [5, 5.41) is 17.1. The third-order valence-electron chi connectivity index (χ3n) is 5.43. The number of methoxy groups -OCH3 is 3. The maximum absolute atomic E-state index is 10.4. The molecule has 1 saturated carbocycles. The first-order valence-electron chi connectivity index (χ1n) is 9.96. The molecule has 1 aliphatic rings. The third-order valence-corrected chi connectivity index (χ3v) is 5.43. The molecule has 2 rings (SSSR count). The molecule has 3 N–H and O–H groups in total. The Labute approximate surface area is 191 Å². The van der Waals surface area contributed by atoms with Crippen molar-refractivity contribution in [2.45, 2.75) is 52.2 Å². The zero-order valence-corrected chi connectivity index (χ0v) is 20.5. The van der Waals surface area contributed by atoms with Crippen LogP contribution in [0, 0.1) is 5.41 Å². The summed E-state index contributed by atoms with van der Waals surface area (Å²) in [7, 11) is 4.80. The van der Waals surface area contributed by atoms with Crippen LogP contribution in [0.1, 0.15) is 45.1 Å². The van der Waals surface area contributed by atoms with Crippen LogP contribution in [0.5, 0.6) is 17.2 Å². The predicted molar refractivity (Wildman–Crippen MR) is 127 cm³/mol. The van der Waals surface area contributed by atoms with Gasteiger partial charge in [0.1, 0.15) is 0 Å². The molecular weight excluding hydrogens is 485 g/mol. The average Bonchev–Trinajstić information content (AvgIpc) is 2.71. The van der Waals surface area contributed by atoms with Crippen molar-refractivity contribution in [3.05, 3.63) is 17.7 Å². The van der Waals surface area contributed by atoms with Crippen molar-refractivity contribution >= 4 is 29.9 Å². The number of aliphatic imine (C=N–C) groups is 1. The Morgan fingerprint density at radius 2 is 1.79 bits per heavy atom. The summed E-state index contributed by atoms with van der Waals surface area (Å²) >= 11 is 0. The number of benzene rings is 1. The Hall–Kier alpha value is -1.42. The van der Waals surface area contributed by atoms with Crippen LogP contribution in [0.3, 0.4) is 0 Å². The number of ether oxygens (including phenoxy) is 3. The van der Waals surface area contributed by atoms with E-state index in [1.165, 1.54) is 0 Å². The van der Waals surface area contributed by atoms with Crippen molar-refractivity contribution in [2.75, 3.05) is 34.4 Å². The molecule has 29 heavy (non-hydrogen) atoms. The van der Waals surface area contributed by atoms with E-state index in [9.17, 15) is 5.11 Å². The monoisotopic (exact) mass is 521 g/mol. The molecule has 0 saturated heterocycles. The molecule has 1 aromatic rings. The second kappa shape index (κ2) is 12.3. The van der Waals surface area contributed by atoms with E-state index in [0.717, 1.165) is 43.8 Å². The molecule has 0 amide bonds. The summed E-state index contributed by atoms with van der Waals surface area (Å²) in [5.41, 5.74) is 0.830. The van der Waals surface area contributed by atoms with Gasteiger partial charge >= 0.3 is 0 Å². The van der Waals surface area contributed by atoms with Crippen LogP contribution in [0.25, 0.3) is 0 Å². The molecule has 0 bridgehead atoms. The van der Waals surface area contributed by atoms with E-state index < -0.39 is 0 Å². The number of hydrogen-bond donors (Lipinski definition) is 3. The van der Waals surface area contributed by atoms with Crippen LogP contribution in [-0.4, -0.2) is 51.6 Å². The Kier molecular flexibility index (Phi) is 10.9. The van der Waals surface area contributed by atoms with Gasteiger partial charge < -0.3 is 30.0 Å². The molecule has 2 atom stereocenters. The Bertz CT molecular complexity index is 646. The van der Waals surface area contributed by atoms with Crippen molar-refractivity contribution in [2.24, 2.45) is 10.4 Å². The molecule has 1 fully saturated rings. The van der Waals surface area contributed by atoms with Gasteiger partial charge in [-0.3, -0.25) is 0 Å². The lowest BCUT2D eigenvalue weighted by atomic mass is 9.73. The summed E-state index contributed by atoms with van der Waals surface area (Å²) in [4.78, 5) is 4.69. The summed E-state index contributed by atoms with van der Waals surface area (Å²) in [6.45, 7) is 6.10. The molecule has 2 unspecified atom stereocenters. The first-order chi connectivity index (χ1) is 13.5. The fourth-order valence-electron chi connectivity index (χ4n) is 3.61. The van der Waals surface area contributed by atoms with Crippen molar-refractivity contribution in [3.63, 3.8) is 0 Å². The SMILES string of the molecule is CCNC(=NCc1cc(OC)c(OC)c(OC)c1)NCC1(C)CCCCC1O.I. The van der Waals surface area contributed by atoms with Gasteiger partial charge in [0.05, 0.1) is 34.0 Å². The topological polar surface area (TPSA) is 84.3 Å². The first-order valence-corrected chi connectivity index (χ1v) is 9.96. The number of rotatable bonds is 8. The van der Waals surface area contributed by atoms with Gasteiger partial charge in [-0.05, 0) is 37.5 Å². The van der Waals surface area contributed by atoms with Gasteiger partial charge in [0, 0.05) is 18.5 Å². The molecule has 1 aliphatic carbocycles. The highest BCUT2D eigenvalue weighted by molar-refractivity contribution is 14.0. The zero-order valence-electron chi connectivity index (χ0n) is 18.2. The Morgan fingerprint density at radius 1 is 1.14 bits per heavy atom. The van der Waals surface area contributed by atoms with Crippen LogP contribution in [-0.2, 0) is 6.54 Å². The van der Waals surface area contributed by atoms with E-state index in [4.69, 9.17) is 19.2 Å². The Balaban J connectivity index is 0.00000420. The minimum absolute atomic E-state index is 0. The number of halogens is 1. The van der Waals surface area contributed by atoms with Gasteiger partial charge in [0.2, 0.25) is 5.75 Å². The molecule has 0 radical (unpaired) electrons. The fraction of sp³-hybridized carbons (Fsp3) is 0.667. The Morgan fingerprint density at radius 3 is 2.31 bits per heavy atom. The fourth-order valence-corrected chi connectivity index (χ4v) is 3.61. The normalized spacial score (nSPS) is 21.7. The summed E-state index contributed by atoms with van der Waals surface area (Å²) in [6.07, 6.45) is 3.89. The van der Waals surface area contributed by atoms with Gasteiger partial charge in [0.15, 0.2) is 17.5 Å². The predicted octanol–water partition coefficient (Wildman–Crippen LogP) is 3.33. The van der Waals surface area contributed by atoms with E-state index in [1.54, 1.807) is 21.3 Å². The number of aliphatic hydroxyl groups is 1. The van der Waals surface area contributed by atoms with Crippen LogP contribution in [0.15, 0.2) is 17.1 Å². The number of hydrogen-bond acceptors (Lipinski definition) is 5. The highest BCUT2D eigenvalue weighted by Gasteiger charge is 2.35. The molecule has 0 heterocycles. The molecule has 0 aromatic heterocycles. The van der Waals surface area contributed by atoms with Crippen LogP contribution >= 0.6 is 24.0 Å². The molecule has 0 aliphatic heterocycles. The first kappa shape index (κ1) is 25.6. The van der Waals surface area contributed by atoms with E-state index in [-0.39, 0.29) is 35.5 Å². The molecule has 8 heteroatoms. The van der Waals surface area contributed by atoms with Crippen LogP contribution < -0.4 is 24.8 Å². The molecular formula is C21H36IN3O4. The average molecular weight is 521 g/mol. The van der Waals surface area contributed by atoms with Gasteiger partial charge in [-0.25, -0.2) is 4.99 Å². The van der Waals surface area contributed by atoms with Crippen molar-refractivity contribution < 1.29 is 19.3 Å². The number of nitrogens with one attached hydrogen (secondary N) is 2.